The van der Waals surface area contributed by atoms with Gasteiger partial charge in [-0.15, -0.1) is 11.3 Å². The quantitative estimate of drug-likeness (QED) is 0.797. The zero-order valence-electron chi connectivity index (χ0n) is 12.0. The average molecular weight is 308 g/mol. The first-order chi connectivity index (χ1) is 10.2. The van der Waals surface area contributed by atoms with Gasteiger partial charge in [-0.1, -0.05) is 6.92 Å². The highest BCUT2D eigenvalue weighted by atomic mass is 32.1. The van der Waals surface area contributed by atoms with Gasteiger partial charge in [-0.25, -0.2) is 13.8 Å². The van der Waals surface area contributed by atoms with Crippen molar-refractivity contribution in [2.24, 2.45) is 0 Å². The Balaban J connectivity index is 1.90. The Labute approximate surface area is 127 Å². The third-order valence-corrected chi connectivity index (χ3v) is 4.67. The first-order valence-corrected chi connectivity index (χ1v) is 8.16. The molecule has 0 bridgehead atoms. The molecule has 1 aromatic heterocycles. The van der Waals surface area contributed by atoms with E-state index >= 15 is 0 Å². The molecule has 1 aromatic carbocycles. The molecule has 1 fully saturated rings. The molecule has 0 amide bonds. The number of thiazole rings is 1. The molecule has 3 rings (SSSR count). The van der Waals surface area contributed by atoms with Gasteiger partial charge in [0.25, 0.3) is 0 Å². The second kappa shape index (κ2) is 6.20. The van der Waals surface area contributed by atoms with Crippen molar-refractivity contribution in [2.45, 2.75) is 38.6 Å². The fourth-order valence-electron chi connectivity index (χ4n) is 2.32. The zero-order valence-corrected chi connectivity index (χ0v) is 12.8. The number of rotatable bonds is 6. The average Bonchev–Trinajstić information content (AvgIpc) is 3.21. The van der Waals surface area contributed by atoms with E-state index < -0.39 is 11.6 Å². The fourth-order valence-corrected chi connectivity index (χ4v) is 3.47. The molecule has 1 heterocycles. The van der Waals surface area contributed by atoms with Crippen molar-refractivity contribution >= 4 is 11.3 Å². The van der Waals surface area contributed by atoms with Gasteiger partial charge in [0.05, 0.1) is 5.69 Å². The van der Waals surface area contributed by atoms with E-state index in [4.69, 9.17) is 0 Å². The summed E-state index contributed by atoms with van der Waals surface area (Å²) in [7, 11) is 0. The van der Waals surface area contributed by atoms with Crippen LogP contribution in [0.15, 0.2) is 18.2 Å². The highest BCUT2D eigenvalue weighted by Crippen LogP contribution is 2.44. The number of nitrogens with zero attached hydrogens (tertiary/aromatic N) is 1. The molecule has 1 saturated carbocycles. The molecule has 0 saturated heterocycles. The number of nitrogens with one attached hydrogen (secondary N) is 1. The highest BCUT2D eigenvalue weighted by molar-refractivity contribution is 7.15. The van der Waals surface area contributed by atoms with E-state index in [-0.39, 0.29) is 0 Å². The molecule has 0 aliphatic heterocycles. The minimum absolute atomic E-state index is 0.394. The first kappa shape index (κ1) is 14.6. The summed E-state index contributed by atoms with van der Waals surface area (Å²) in [5.74, 6) is -0.573. The summed E-state index contributed by atoms with van der Waals surface area (Å²) in [5, 5.41) is 4.03. The molecule has 1 aliphatic rings. The number of aromatic nitrogens is 1. The summed E-state index contributed by atoms with van der Waals surface area (Å²) in [4.78, 5) is 5.81. The van der Waals surface area contributed by atoms with Crippen molar-refractivity contribution in [3.05, 3.63) is 40.4 Å². The molecule has 2 nitrogen and oxygen atoms in total. The molecule has 1 N–H and O–H groups in total. The Morgan fingerprint density at radius 1 is 1.33 bits per heavy atom. The van der Waals surface area contributed by atoms with E-state index in [0.717, 1.165) is 44.1 Å². The van der Waals surface area contributed by atoms with Gasteiger partial charge in [0, 0.05) is 29.0 Å². The van der Waals surface area contributed by atoms with Crippen molar-refractivity contribution < 1.29 is 8.78 Å². The molecule has 5 heteroatoms. The summed E-state index contributed by atoms with van der Waals surface area (Å²) in [6, 6.07) is 3.68. The summed E-state index contributed by atoms with van der Waals surface area (Å²) in [5.41, 5.74) is 1.49. The standard InChI is InChI=1S/C16H18F2N2S/c1-2-7-19-9-14-15(10-3-4-10)20-16(21-14)12-6-5-11(17)8-13(12)18/h5-6,8,10,19H,2-4,7,9H2,1H3. The minimum atomic E-state index is -0.556. The second-order valence-electron chi connectivity index (χ2n) is 5.40. The van der Waals surface area contributed by atoms with Gasteiger partial charge in [0.2, 0.25) is 0 Å². The summed E-state index contributed by atoms with van der Waals surface area (Å²) < 4.78 is 26.9. The third-order valence-electron chi connectivity index (χ3n) is 3.57. The molecular weight excluding hydrogens is 290 g/mol. The minimum Gasteiger partial charge on any atom is -0.312 e. The van der Waals surface area contributed by atoms with Crippen molar-refractivity contribution in [3.8, 4) is 10.6 Å². The van der Waals surface area contributed by atoms with Crippen LogP contribution in [0.3, 0.4) is 0 Å². The van der Waals surface area contributed by atoms with Gasteiger partial charge >= 0.3 is 0 Å². The van der Waals surface area contributed by atoms with Crippen LogP contribution in [0, 0.1) is 11.6 Å². The molecule has 0 spiro atoms. The smallest absolute Gasteiger partial charge is 0.136 e. The number of hydrogen-bond donors (Lipinski definition) is 1. The van der Waals surface area contributed by atoms with Crippen molar-refractivity contribution in [3.63, 3.8) is 0 Å². The molecule has 2 aromatic rings. The summed E-state index contributed by atoms with van der Waals surface area (Å²) >= 11 is 1.52. The van der Waals surface area contributed by atoms with Crippen molar-refractivity contribution in [2.75, 3.05) is 6.54 Å². The van der Waals surface area contributed by atoms with Crippen LogP contribution in [0.25, 0.3) is 10.6 Å². The Bertz CT molecular complexity index is 635. The van der Waals surface area contributed by atoms with Crippen molar-refractivity contribution in [1.82, 2.24) is 10.3 Å². The van der Waals surface area contributed by atoms with E-state index in [1.54, 1.807) is 0 Å². The van der Waals surface area contributed by atoms with Gasteiger partial charge < -0.3 is 5.32 Å². The maximum absolute atomic E-state index is 13.9. The lowest BCUT2D eigenvalue weighted by Crippen LogP contribution is -2.13. The Morgan fingerprint density at radius 3 is 2.81 bits per heavy atom. The van der Waals surface area contributed by atoms with Crippen LogP contribution < -0.4 is 5.32 Å². The van der Waals surface area contributed by atoms with Crippen molar-refractivity contribution in [1.29, 1.82) is 0 Å². The number of hydrogen-bond acceptors (Lipinski definition) is 3. The van der Waals surface area contributed by atoms with Crippen LogP contribution in [0.4, 0.5) is 8.78 Å². The van der Waals surface area contributed by atoms with Crippen LogP contribution in [-0.2, 0) is 6.54 Å². The Kier molecular flexibility index (Phi) is 4.31. The molecule has 0 atom stereocenters. The van der Waals surface area contributed by atoms with Gasteiger partial charge in [0.1, 0.15) is 16.6 Å². The van der Waals surface area contributed by atoms with Gasteiger partial charge in [0.15, 0.2) is 0 Å². The second-order valence-corrected chi connectivity index (χ2v) is 6.49. The van der Waals surface area contributed by atoms with Gasteiger partial charge in [-0.05, 0) is 37.9 Å². The summed E-state index contributed by atoms with van der Waals surface area (Å²) in [6.45, 7) is 3.86. The normalized spacial score (nSPS) is 14.6. The zero-order chi connectivity index (χ0) is 14.8. The highest BCUT2D eigenvalue weighted by Gasteiger charge is 2.30. The number of halogens is 2. The Morgan fingerprint density at radius 2 is 2.14 bits per heavy atom. The molecule has 21 heavy (non-hydrogen) atoms. The predicted octanol–water partition coefficient (Wildman–Crippen LogP) is 4.47. The molecule has 0 unspecified atom stereocenters. The fraction of sp³-hybridized carbons (Fsp3) is 0.438. The molecule has 112 valence electrons. The molecular formula is C16H18F2N2S. The van der Waals surface area contributed by atoms with Crippen LogP contribution in [0.5, 0.6) is 0 Å². The number of benzene rings is 1. The maximum Gasteiger partial charge on any atom is 0.136 e. The predicted molar refractivity (Wildman–Crippen MR) is 81.4 cm³/mol. The van der Waals surface area contributed by atoms with E-state index in [9.17, 15) is 8.78 Å². The largest absolute Gasteiger partial charge is 0.312 e. The third kappa shape index (κ3) is 3.30. The lowest BCUT2D eigenvalue weighted by atomic mass is 10.2. The molecule has 1 aliphatic carbocycles. The monoisotopic (exact) mass is 308 g/mol. The van der Waals surface area contributed by atoms with Gasteiger partial charge in [-0.3, -0.25) is 0 Å². The Hall–Kier alpha value is -1.33. The SMILES string of the molecule is CCCNCc1sc(-c2ccc(F)cc2F)nc1C1CC1. The van der Waals surface area contributed by atoms with Crippen LogP contribution in [0.2, 0.25) is 0 Å². The van der Waals surface area contributed by atoms with Crippen LogP contribution >= 0.6 is 11.3 Å². The molecule has 0 radical (unpaired) electrons. The first-order valence-electron chi connectivity index (χ1n) is 7.34. The lowest BCUT2D eigenvalue weighted by Gasteiger charge is -2.01. The van der Waals surface area contributed by atoms with E-state index in [1.807, 2.05) is 0 Å². The summed E-state index contributed by atoms with van der Waals surface area (Å²) in [6.07, 6.45) is 3.41. The van der Waals surface area contributed by atoms with E-state index in [2.05, 4.69) is 17.2 Å². The van der Waals surface area contributed by atoms with E-state index in [1.165, 1.54) is 28.3 Å². The van der Waals surface area contributed by atoms with Gasteiger partial charge in [-0.2, -0.15) is 0 Å². The topological polar surface area (TPSA) is 24.9 Å². The lowest BCUT2D eigenvalue weighted by molar-refractivity contribution is 0.585. The van der Waals surface area contributed by atoms with E-state index in [0.29, 0.717) is 16.5 Å². The van der Waals surface area contributed by atoms with Crippen LogP contribution in [0.1, 0.15) is 42.7 Å². The van der Waals surface area contributed by atoms with Crippen LogP contribution in [-0.4, -0.2) is 11.5 Å². The maximum atomic E-state index is 13.9.